The molecule has 0 aromatic carbocycles. The normalized spacial score (nSPS) is 27.0. The number of esters is 3. The molecular weight excluding hydrogens is 356 g/mol. The van der Waals surface area contributed by atoms with Crippen molar-refractivity contribution in [2.45, 2.75) is 75.8 Å². The zero-order chi connectivity index (χ0) is 19.1. The second-order valence-electron chi connectivity index (χ2n) is 7.49. The molecule has 4 aliphatic rings. The van der Waals surface area contributed by atoms with Crippen molar-refractivity contribution in [2.75, 3.05) is 0 Å². The molecule has 0 aromatic rings. The van der Waals surface area contributed by atoms with Gasteiger partial charge in [-0.15, -0.1) is 0 Å². The molecule has 0 atom stereocenters. The molecule has 2 heterocycles. The molecule has 1 saturated heterocycles. The van der Waals surface area contributed by atoms with Gasteiger partial charge in [0, 0.05) is 25.7 Å². The van der Waals surface area contributed by atoms with Crippen LogP contribution in [0.4, 0.5) is 0 Å². The minimum absolute atomic E-state index is 0.394. The topological polar surface area (TPSA) is 108 Å². The number of aliphatic hydroxyl groups is 1. The van der Waals surface area contributed by atoms with Gasteiger partial charge < -0.3 is 24.1 Å². The highest BCUT2D eigenvalue weighted by Crippen LogP contribution is 2.40. The van der Waals surface area contributed by atoms with Gasteiger partial charge in [0.05, 0.1) is 0 Å². The summed E-state index contributed by atoms with van der Waals surface area (Å²) in [5.74, 6) is -5.62. The van der Waals surface area contributed by atoms with Gasteiger partial charge in [0.1, 0.15) is 11.1 Å². The Hall–Kier alpha value is -2.51. The van der Waals surface area contributed by atoms with Crippen LogP contribution in [0.5, 0.6) is 0 Å². The van der Waals surface area contributed by atoms with Gasteiger partial charge in [0.15, 0.2) is 0 Å². The lowest BCUT2D eigenvalue weighted by molar-refractivity contribution is -0.249. The summed E-state index contributed by atoms with van der Waals surface area (Å²) >= 11 is 0. The molecule has 3 fully saturated rings. The SMILES string of the molecule is O=C1OC2(CCCCC2)OC(=O)C1=CC1=C(O)OC2(CCCCC2)OC1=O. The lowest BCUT2D eigenvalue weighted by Crippen LogP contribution is -2.48. The zero-order valence-corrected chi connectivity index (χ0v) is 15.0. The van der Waals surface area contributed by atoms with Gasteiger partial charge in [-0.3, -0.25) is 0 Å². The van der Waals surface area contributed by atoms with E-state index in [0.717, 1.165) is 44.6 Å². The van der Waals surface area contributed by atoms with E-state index in [4.69, 9.17) is 18.9 Å². The van der Waals surface area contributed by atoms with Crippen molar-refractivity contribution >= 4 is 17.9 Å². The first-order chi connectivity index (χ1) is 12.9. The van der Waals surface area contributed by atoms with E-state index < -0.39 is 46.6 Å². The van der Waals surface area contributed by atoms with E-state index in [-0.39, 0.29) is 0 Å². The second kappa shape index (κ2) is 6.58. The van der Waals surface area contributed by atoms with E-state index in [9.17, 15) is 19.5 Å². The van der Waals surface area contributed by atoms with E-state index in [0.29, 0.717) is 25.7 Å². The first-order valence-corrected chi connectivity index (χ1v) is 9.46. The molecule has 27 heavy (non-hydrogen) atoms. The first kappa shape index (κ1) is 17.9. The highest BCUT2D eigenvalue weighted by Gasteiger charge is 2.48. The largest absolute Gasteiger partial charge is 0.480 e. The number of ether oxygens (including phenoxy) is 4. The lowest BCUT2D eigenvalue weighted by atomic mass is 9.92. The van der Waals surface area contributed by atoms with Crippen molar-refractivity contribution in [3.05, 3.63) is 23.2 Å². The number of hydrogen-bond acceptors (Lipinski definition) is 8. The van der Waals surface area contributed by atoms with E-state index in [1.165, 1.54) is 0 Å². The maximum atomic E-state index is 12.4. The highest BCUT2D eigenvalue weighted by molar-refractivity contribution is 6.16. The Morgan fingerprint density at radius 3 is 1.59 bits per heavy atom. The summed E-state index contributed by atoms with van der Waals surface area (Å²) in [4.78, 5) is 37.1. The van der Waals surface area contributed by atoms with E-state index in [2.05, 4.69) is 0 Å². The molecule has 8 heteroatoms. The van der Waals surface area contributed by atoms with Crippen LogP contribution in [0.3, 0.4) is 0 Å². The number of aliphatic hydroxyl groups excluding tert-OH is 1. The predicted octanol–water partition coefficient (Wildman–Crippen LogP) is 2.68. The molecule has 0 aromatic heterocycles. The van der Waals surface area contributed by atoms with Crippen molar-refractivity contribution in [3.63, 3.8) is 0 Å². The van der Waals surface area contributed by atoms with Crippen LogP contribution in [-0.2, 0) is 33.3 Å². The molecule has 4 rings (SSSR count). The van der Waals surface area contributed by atoms with Crippen LogP contribution in [0.2, 0.25) is 0 Å². The van der Waals surface area contributed by atoms with Gasteiger partial charge in [-0.25, -0.2) is 14.4 Å². The minimum Gasteiger partial charge on any atom is -0.480 e. The number of carbonyl (C=O) groups excluding carboxylic acids is 3. The van der Waals surface area contributed by atoms with Crippen molar-refractivity contribution in [2.24, 2.45) is 0 Å². The fraction of sp³-hybridized carbons (Fsp3) is 0.632. The second-order valence-corrected chi connectivity index (χ2v) is 7.49. The summed E-state index contributed by atoms with van der Waals surface area (Å²) in [6, 6.07) is 0. The average Bonchev–Trinajstić information content (AvgIpc) is 2.61. The Labute approximate surface area is 156 Å². The Kier molecular flexibility index (Phi) is 4.36. The quantitative estimate of drug-likeness (QED) is 0.421. The molecule has 0 radical (unpaired) electrons. The fourth-order valence-corrected chi connectivity index (χ4v) is 4.09. The number of hydrogen-bond donors (Lipinski definition) is 1. The summed E-state index contributed by atoms with van der Waals surface area (Å²) in [5, 5.41) is 10.2. The van der Waals surface area contributed by atoms with Crippen LogP contribution >= 0.6 is 0 Å². The highest BCUT2D eigenvalue weighted by atomic mass is 16.8. The molecule has 0 bridgehead atoms. The van der Waals surface area contributed by atoms with Gasteiger partial charge in [-0.05, 0) is 31.8 Å². The fourth-order valence-electron chi connectivity index (χ4n) is 4.09. The molecule has 2 spiro atoms. The van der Waals surface area contributed by atoms with Gasteiger partial charge in [-0.1, -0.05) is 12.8 Å². The smallest absolute Gasteiger partial charge is 0.348 e. The Bertz CT molecular complexity index is 713. The number of rotatable bonds is 1. The standard InChI is InChI=1S/C19H22O8/c20-14-12(15(21)25-18(24-14)7-3-1-4-8-18)11-13-16(22)26-19(27-17(13)23)9-5-2-6-10-19/h11,20H,1-10H2. The first-order valence-electron chi connectivity index (χ1n) is 9.46. The van der Waals surface area contributed by atoms with Crippen LogP contribution in [0.25, 0.3) is 0 Å². The average molecular weight is 378 g/mol. The van der Waals surface area contributed by atoms with Crippen LogP contribution < -0.4 is 0 Å². The minimum atomic E-state index is -1.21. The summed E-state index contributed by atoms with van der Waals surface area (Å²) in [6.07, 6.45) is 8.04. The van der Waals surface area contributed by atoms with Gasteiger partial charge in [-0.2, -0.15) is 0 Å². The summed E-state index contributed by atoms with van der Waals surface area (Å²) in [7, 11) is 0. The zero-order valence-electron chi connectivity index (χ0n) is 15.0. The molecule has 2 saturated carbocycles. The predicted molar refractivity (Wildman–Crippen MR) is 88.7 cm³/mol. The number of carbonyl (C=O) groups is 3. The van der Waals surface area contributed by atoms with Gasteiger partial charge in [0.2, 0.25) is 0 Å². The summed E-state index contributed by atoms with van der Waals surface area (Å²) in [5.41, 5.74) is -0.859. The van der Waals surface area contributed by atoms with E-state index >= 15 is 0 Å². The van der Waals surface area contributed by atoms with Crippen LogP contribution in [0, 0.1) is 0 Å². The monoisotopic (exact) mass is 378 g/mol. The third kappa shape index (κ3) is 3.28. The molecule has 146 valence electrons. The van der Waals surface area contributed by atoms with Crippen LogP contribution in [0.15, 0.2) is 23.2 Å². The van der Waals surface area contributed by atoms with Gasteiger partial charge in [0.25, 0.3) is 17.5 Å². The van der Waals surface area contributed by atoms with Gasteiger partial charge >= 0.3 is 17.9 Å². The molecule has 0 amide bonds. The maximum Gasteiger partial charge on any atom is 0.348 e. The van der Waals surface area contributed by atoms with E-state index in [1.807, 2.05) is 0 Å². The summed E-state index contributed by atoms with van der Waals surface area (Å²) in [6.45, 7) is 0. The van der Waals surface area contributed by atoms with Crippen LogP contribution in [-0.4, -0.2) is 34.6 Å². The third-order valence-corrected chi connectivity index (χ3v) is 5.53. The maximum absolute atomic E-state index is 12.4. The van der Waals surface area contributed by atoms with E-state index in [1.54, 1.807) is 0 Å². The Balaban J connectivity index is 1.57. The molecule has 0 unspecified atom stereocenters. The van der Waals surface area contributed by atoms with Crippen molar-refractivity contribution < 1.29 is 38.4 Å². The van der Waals surface area contributed by atoms with Crippen molar-refractivity contribution in [1.29, 1.82) is 0 Å². The molecule has 2 aliphatic heterocycles. The molecular formula is C19H22O8. The summed E-state index contributed by atoms with van der Waals surface area (Å²) < 4.78 is 21.6. The molecule has 2 aliphatic carbocycles. The lowest BCUT2D eigenvalue weighted by Gasteiger charge is -2.39. The van der Waals surface area contributed by atoms with Crippen molar-refractivity contribution in [1.82, 2.24) is 0 Å². The van der Waals surface area contributed by atoms with Crippen LogP contribution in [0.1, 0.15) is 64.2 Å². The third-order valence-electron chi connectivity index (χ3n) is 5.53. The Morgan fingerprint density at radius 1 is 0.667 bits per heavy atom. The Morgan fingerprint density at radius 2 is 1.11 bits per heavy atom. The molecule has 8 nitrogen and oxygen atoms in total. The van der Waals surface area contributed by atoms with Crippen molar-refractivity contribution in [3.8, 4) is 0 Å². The molecule has 1 N–H and O–H groups in total.